The van der Waals surface area contributed by atoms with Gasteiger partial charge in [-0.2, -0.15) is 0 Å². The minimum absolute atomic E-state index is 0.0942. The molecule has 0 radical (unpaired) electrons. The molecule has 1 atom stereocenters. The topological polar surface area (TPSA) is 75.7 Å². The Balaban J connectivity index is 1.44. The number of anilines is 1. The van der Waals surface area contributed by atoms with E-state index in [1.54, 1.807) is 24.3 Å². The lowest BCUT2D eigenvalue weighted by atomic mass is 10.1. The highest BCUT2D eigenvalue weighted by Crippen LogP contribution is 2.27. The number of hydrogen-bond acceptors (Lipinski definition) is 4. The number of imide groups is 1. The zero-order valence-corrected chi connectivity index (χ0v) is 16.2. The fourth-order valence-corrected chi connectivity index (χ4v) is 3.56. The Morgan fingerprint density at radius 3 is 2.62 bits per heavy atom. The van der Waals surface area contributed by atoms with E-state index in [0.717, 1.165) is 24.0 Å². The summed E-state index contributed by atoms with van der Waals surface area (Å²) in [7, 11) is 0. The number of benzene rings is 2. The molecular formula is C23H22N2O4. The Hall–Kier alpha value is -3.25. The van der Waals surface area contributed by atoms with Crippen molar-refractivity contribution in [3.8, 4) is 0 Å². The van der Waals surface area contributed by atoms with Gasteiger partial charge in [0.05, 0.1) is 23.8 Å². The number of rotatable bonds is 5. The Bertz CT molecular complexity index is 988. The van der Waals surface area contributed by atoms with Crippen LogP contribution in [0.3, 0.4) is 0 Å². The second-order valence-corrected chi connectivity index (χ2v) is 7.35. The standard InChI is InChI=1S/C23H22N2O4/c1-15-4-6-16(7-5-15)8-11-21(26)24-17-9-10-19-20(13-17)23(28)25(22(19)27)14-18-3-2-12-29-18/h4-11,13,18H,2-3,12,14H2,1H3,(H,24,26)/b11-8+. The van der Waals surface area contributed by atoms with Crippen LogP contribution in [-0.2, 0) is 9.53 Å². The lowest BCUT2D eigenvalue weighted by Gasteiger charge is -2.17. The molecule has 1 saturated heterocycles. The predicted molar refractivity (Wildman–Crippen MR) is 110 cm³/mol. The maximum Gasteiger partial charge on any atom is 0.261 e. The van der Waals surface area contributed by atoms with Gasteiger partial charge >= 0.3 is 0 Å². The summed E-state index contributed by atoms with van der Waals surface area (Å²) < 4.78 is 5.55. The van der Waals surface area contributed by atoms with Gasteiger partial charge in [0, 0.05) is 18.4 Å². The maximum absolute atomic E-state index is 12.7. The van der Waals surface area contributed by atoms with Crippen molar-refractivity contribution in [1.82, 2.24) is 4.90 Å². The molecule has 0 bridgehead atoms. The van der Waals surface area contributed by atoms with Crippen LogP contribution in [0.4, 0.5) is 5.69 Å². The van der Waals surface area contributed by atoms with Crippen LogP contribution in [0.1, 0.15) is 44.7 Å². The van der Waals surface area contributed by atoms with Crippen molar-refractivity contribution in [3.05, 3.63) is 70.8 Å². The Morgan fingerprint density at radius 1 is 1.14 bits per heavy atom. The zero-order chi connectivity index (χ0) is 20.4. The fraction of sp³-hybridized carbons (Fsp3) is 0.261. The van der Waals surface area contributed by atoms with Crippen molar-refractivity contribution >= 4 is 29.5 Å². The fourth-order valence-electron chi connectivity index (χ4n) is 3.56. The van der Waals surface area contributed by atoms with E-state index >= 15 is 0 Å². The number of carbonyl (C=O) groups excluding carboxylic acids is 3. The highest BCUT2D eigenvalue weighted by molar-refractivity contribution is 6.22. The van der Waals surface area contributed by atoms with Gasteiger partial charge in [0.25, 0.3) is 11.8 Å². The molecule has 148 valence electrons. The van der Waals surface area contributed by atoms with Crippen molar-refractivity contribution < 1.29 is 19.1 Å². The van der Waals surface area contributed by atoms with Crippen LogP contribution in [0.5, 0.6) is 0 Å². The van der Waals surface area contributed by atoms with Gasteiger partial charge in [-0.25, -0.2) is 0 Å². The first-order valence-corrected chi connectivity index (χ1v) is 9.69. The molecule has 3 amide bonds. The SMILES string of the molecule is Cc1ccc(/C=C/C(=O)Nc2ccc3c(c2)C(=O)N(CC2CCCO2)C3=O)cc1. The number of ether oxygens (including phenoxy) is 1. The minimum atomic E-state index is -0.341. The first kappa shape index (κ1) is 19.1. The van der Waals surface area contributed by atoms with E-state index in [1.165, 1.54) is 11.0 Å². The molecule has 6 nitrogen and oxygen atoms in total. The summed E-state index contributed by atoms with van der Waals surface area (Å²) in [5.41, 5.74) is 3.22. The van der Waals surface area contributed by atoms with E-state index in [-0.39, 0.29) is 30.4 Å². The van der Waals surface area contributed by atoms with Gasteiger partial charge in [0.15, 0.2) is 0 Å². The average molecular weight is 390 g/mol. The molecule has 2 aliphatic heterocycles. The summed E-state index contributed by atoms with van der Waals surface area (Å²) in [6, 6.07) is 12.6. The van der Waals surface area contributed by atoms with Gasteiger partial charge in [0.2, 0.25) is 5.91 Å². The second-order valence-electron chi connectivity index (χ2n) is 7.35. The van der Waals surface area contributed by atoms with Crippen molar-refractivity contribution in [2.45, 2.75) is 25.9 Å². The Labute approximate surface area is 169 Å². The molecule has 0 aromatic heterocycles. The van der Waals surface area contributed by atoms with Gasteiger partial charge in [-0.1, -0.05) is 29.8 Å². The van der Waals surface area contributed by atoms with Crippen LogP contribution in [-0.4, -0.2) is 41.9 Å². The Morgan fingerprint density at radius 2 is 1.90 bits per heavy atom. The van der Waals surface area contributed by atoms with E-state index in [2.05, 4.69) is 5.32 Å². The quantitative estimate of drug-likeness (QED) is 0.627. The third-order valence-electron chi connectivity index (χ3n) is 5.15. The van der Waals surface area contributed by atoms with Crippen LogP contribution >= 0.6 is 0 Å². The number of nitrogens with one attached hydrogen (secondary N) is 1. The van der Waals surface area contributed by atoms with E-state index in [9.17, 15) is 14.4 Å². The Kier molecular flexibility index (Phi) is 5.27. The van der Waals surface area contributed by atoms with Crippen LogP contribution in [0.15, 0.2) is 48.5 Å². The van der Waals surface area contributed by atoms with Crippen molar-refractivity contribution in [3.63, 3.8) is 0 Å². The molecule has 1 unspecified atom stereocenters. The molecule has 2 aromatic rings. The molecule has 29 heavy (non-hydrogen) atoms. The second kappa shape index (κ2) is 8.01. The predicted octanol–water partition coefficient (Wildman–Crippen LogP) is 3.42. The highest BCUT2D eigenvalue weighted by atomic mass is 16.5. The summed E-state index contributed by atoms with van der Waals surface area (Å²) in [6.07, 6.45) is 4.86. The van der Waals surface area contributed by atoms with Crippen LogP contribution in [0.2, 0.25) is 0 Å². The number of carbonyl (C=O) groups is 3. The van der Waals surface area contributed by atoms with Gasteiger partial charge in [-0.15, -0.1) is 0 Å². The van der Waals surface area contributed by atoms with Gasteiger partial charge in [0.1, 0.15) is 0 Å². The lowest BCUT2D eigenvalue weighted by Crippen LogP contribution is -2.36. The summed E-state index contributed by atoms with van der Waals surface area (Å²) in [6.45, 7) is 2.94. The first-order valence-electron chi connectivity index (χ1n) is 9.69. The van der Waals surface area contributed by atoms with Crippen LogP contribution < -0.4 is 5.32 Å². The molecule has 2 heterocycles. The van der Waals surface area contributed by atoms with E-state index < -0.39 is 0 Å². The minimum Gasteiger partial charge on any atom is -0.376 e. The number of amides is 3. The summed E-state index contributed by atoms with van der Waals surface area (Å²) >= 11 is 0. The molecule has 0 aliphatic carbocycles. The summed E-state index contributed by atoms with van der Waals surface area (Å²) in [5, 5.41) is 2.74. The average Bonchev–Trinajstić information content (AvgIpc) is 3.31. The summed E-state index contributed by atoms with van der Waals surface area (Å²) in [5.74, 6) is -0.956. The number of nitrogens with zero attached hydrogens (tertiary/aromatic N) is 1. The third kappa shape index (κ3) is 4.12. The van der Waals surface area contributed by atoms with Crippen molar-refractivity contribution in [1.29, 1.82) is 0 Å². The lowest BCUT2D eigenvalue weighted by molar-refractivity contribution is -0.111. The van der Waals surface area contributed by atoms with Gasteiger partial charge < -0.3 is 10.1 Å². The molecule has 4 rings (SSSR count). The number of hydrogen-bond donors (Lipinski definition) is 1. The maximum atomic E-state index is 12.7. The number of aryl methyl sites for hydroxylation is 1. The van der Waals surface area contributed by atoms with E-state index in [4.69, 9.17) is 4.74 Å². The normalized spacial score (nSPS) is 18.5. The third-order valence-corrected chi connectivity index (χ3v) is 5.15. The molecule has 2 aliphatic rings. The van der Waals surface area contributed by atoms with Crippen molar-refractivity contribution in [2.75, 3.05) is 18.5 Å². The molecule has 0 saturated carbocycles. The molecule has 1 fully saturated rings. The van der Waals surface area contributed by atoms with E-state index in [0.29, 0.717) is 23.4 Å². The van der Waals surface area contributed by atoms with Gasteiger partial charge in [-0.3, -0.25) is 19.3 Å². The van der Waals surface area contributed by atoms with Crippen LogP contribution in [0, 0.1) is 6.92 Å². The largest absolute Gasteiger partial charge is 0.376 e. The summed E-state index contributed by atoms with van der Waals surface area (Å²) in [4.78, 5) is 38.7. The van der Waals surface area contributed by atoms with Crippen LogP contribution in [0.25, 0.3) is 6.08 Å². The monoisotopic (exact) mass is 390 g/mol. The van der Waals surface area contributed by atoms with Gasteiger partial charge in [-0.05, 0) is 49.6 Å². The first-order chi connectivity index (χ1) is 14.0. The number of fused-ring (bicyclic) bond motifs is 1. The molecule has 2 aromatic carbocycles. The molecule has 1 N–H and O–H groups in total. The zero-order valence-electron chi connectivity index (χ0n) is 16.2. The smallest absolute Gasteiger partial charge is 0.261 e. The molecular weight excluding hydrogens is 368 g/mol. The van der Waals surface area contributed by atoms with Crippen molar-refractivity contribution in [2.24, 2.45) is 0 Å². The highest BCUT2D eigenvalue weighted by Gasteiger charge is 2.37. The molecule has 6 heteroatoms. The van der Waals surface area contributed by atoms with E-state index in [1.807, 2.05) is 31.2 Å². The molecule has 0 spiro atoms.